The van der Waals surface area contributed by atoms with E-state index in [4.69, 9.17) is 14.6 Å². The van der Waals surface area contributed by atoms with Gasteiger partial charge in [-0.1, -0.05) is 11.8 Å². The molecule has 0 aromatic carbocycles. The third-order valence-corrected chi connectivity index (χ3v) is 3.42. The van der Waals surface area contributed by atoms with E-state index >= 15 is 0 Å². The number of aryl methyl sites for hydroxylation is 1. The number of ether oxygens (including phenoxy) is 2. The van der Waals surface area contributed by atoms with Crippen LogP contribution in [0.4, 0.5) is 0 Å². The summed E-state index contributed by atoms with van der Waals surface area (Å²) in [4.78, 5) is 14.8. The zero-order chi connectivity index (χ0) is 14.1. The van der Waals surface area contributed by atoms with Crippen molar-refractivity contribution in [2.24, 2.45) is 0 Å². The molecule has 1 aromatic rings. The highest BCUT2D eigenvalue weighted by Gasteiger charge is 2.09. The van der Waals surface area contributed by atoms with E-state index in [0.29, 0.717) is 19.8 Å². The minimum atomic E-state index is -0.833. The zero-order valence-electron chi connectivity index (χ0n) is 11.3. The van der Waals surface area contributed by atoms with Crippen molar-refractivity contribution in [3.8, 4) is 0 Å². The van der Waals surface area contributed by atoms with E-state index in [0.717, 1.165) is 23.8 Å². The Hall–Kier alpha value is -1.05. The smallest absolute Gasteiger partial charge is 0.313 e. The van der Waals surface area contributed by atoms with Gasteiger partial charge in [-0.15, -0.1) is 0 Å². The molecular weight excluding hydrogens is 268 g/mol. The van der Waals surface area contributed by atoms with Crippen molar-refractivity contribution in [1.82, 2.24) is 9.55 Å². The van der Waals surface area contributed by atoms with Crippen LogP contribution >= 0.6 is 11.8 Å². The lowest BCUT2D eigenvalue weighted by Gasteiger charge is -2.09. The van der Waals surface area contributed by atoms with Gasteiger partial charge in [0.25, 0.3) is 0 Å². The maximum atomic E-state index is 10.6. The normalized spacial score (nSPS) is 10.8. The second-order valence-electron chi connectivity index (χ2n) is 3.97. The van der Waals surface area contributed by atoms with Gasteiger partial charge in [-0.2, -0.15) is 0 Å². The Morgan fingerprint density at radius 2 is 2.26 bits per heavy atom. The van der Waals surface area contributed by atoms with Gasteiger partial charge in [0.1, 0.15) is 0 Å². The van der Waals surface area contributed by atoms with Crippen LogP contribution in [0.1, 0.15) is 12.1 Å². The minimum Gasteiger partial charge on any atom is -0.481 e. The average Bonchev–Trinajstić information content (AvgIpc) is 2.72. The van der Waals surface area contributed by atoms with E-state index in [2.05, 4.69) is 4.98 Å². The Morgan fingerprint density at radius 1 is 1.47 bits per heavy atom. The van der Waals surface area contributed by atoms with Crippen LogP contribution in [0.25, 0.3) is 0 Å². The van der Waals surface area contributed by atoms with E-state index in [1.54, 1.807) is 13.3 Å². The lowest BCUT2D eigenvalue weighted by atomic mass is 10.4. The summed E-state index contributed by atoms with van der Waals surface area (Å²) in [6.45, 7) is 4.60. The minimum absolute atomic E-state index is 0.0286. The predicted molar refractivity (Wildman–Crippen MR) is 72.6 cm³/mol. The number of hydrogen-bond donors (Lipinski definition) is 1. The Labute approximate surface area is 117 Å². The first-order valence-corrected chi connectivity index (χ1v) is 7.07. The van der Waals surface area contributed by atoms with E-state index in [-0.39, 0.29) is 5.75 Å². The van der Waals surface area contributed by atoms with Gasteiger partial charge < -0.3 is 19.1 Å². The van der Waals surface area contributed by atoms with Crippen molar-refractivity contribution >= 4 is 17.7 Å². The third-order valence-electron chi connectivity index (χ3n) is 2.45. The molecule has 6 nitrogen and oxygen atoms in total. The molecule has 1 N–H and O–H groups in total. The summed E-state index contributed by atoms with van der Waals surface area (Å²) in [7, 11) is 1.64. The number of aliphatic carboxylic acids is 1. The highest BCUT2D eigenvalue weighted by molar-refractivity contribution is 7.99. The van der Waals surface area contributed by atoms with E-state index in [1.807, 2.05) is 11.5 Å². The molecule has 0 aliphatic heterocycles. The molecule has 0 aliphatic carbocycles. The second kappa shape index (κ2) is 8.95. The number of aromatic nitrogens is 2. The number of carboxylic acid groups (broad SMARTS) is 1. The highest BCUT2D eigenvalue weighted by atomic mass is 32.2. The summed E-state index contributed by atoms with van der Waals surface area (Å²) in [6, 6.07) is 0. The fourth-order valence-corrected chi connectivity index (χ4v) is 2.29. The molecule has 0 radical (unpaired) electrons. The van der Waals surface area contributed by atoms with Crippen LogP contribution in [-0.2, 0) is 20.8 Å². The third kappa shape index (κ3) is 6.09. The standard InChI is InChI=1S/C12H20N2O4S/c1-10-8-13-12(19-9-11(15)16)14(10)4-3-5-18-7-6-17-2/h8H,3-7,9H2,1-2H3,(H,15,16). The van der Waals surface area contributed by atoms with Gasteiger partial charge in [0.2, 0.25) is 0 Å². The van der Waals surface area contributed by atoms with E-state index in [9.17, 15) is 4.79 Å². The number of methoxy groups -OCH3 is 1. The first-order chi connectivity index (χ1) is 9.15. The summed E-state index contributed by atoms with van der Waals surface area (Å²) in [6.07, 6.45) is 2.62. The number of carbonyl (C=O) groups is 1. The average molecular weight is 288 g/mol. The van der Waals surface area contributed by atoms with Crippen LogP contribution in [0.15, 0.2) is 11.4 Å². The molecule has 19 heavy (non-hydrogen) atoms. The molecule has 0 amide bonds. The number of nitrogens with zero attached hydrogens (tertiary/aromatic N) is 2. The van der Waals surface area contributed by atoms with Crippen molar-refractivity contribution in [3.63, 3.8) is 0 Å². The second-order valence-corrected chi connectivity index (χ2v) is 4.92. The van der Waals surface area contributed by atoms with E-state index in [1.165, 1.54) is 11.8 Å². The molecule has 7 heteroatoms. The monoisotopic (exact) mass is 288 g/mol. The van der Waals surface area contributed by atoms with E-state index < -0.39 is 5.97 Å². The largest absolute Gasteiger partial charge is 0.481 e. The highest BCUT2D eigenvalue weighted by Crippen LogP contribution is 2.18. The molecule has 0 saturated carbocycles. The van der Waals surface area contributed by atoms with Crippen molar-refractivity contribution < 1.29 is 19.4 Å². The lowest BCUT2D eigenvalue weighted by Crippen LogP contribution is -2.08. The summed E-state index contributed by atoms with van der Waals surface area (Å²) in [5.74, 6) is -0.805. The van der Waals surface area contributed by atoms with Crippen molar-refractivity contribution in [2.75, 3.05) is 32.7 Å². The fraction of sp³-hybridized carbons (Fsp3) is 0.667. The molecular formula is C12H20N2O4S. The summed E-state index contributed by atoms with van der Waals surface area (Å²) < 4.78 is 12.3. The van der Waals surface area contributed by atoms with Gasteiger partial charge in [0, 0.05) is 32.2 Å². The molecule has 108 valence electrons. The maximum absolute atomic E-state index is 10.6. The van der Waals surface area contributed by atoms with Crippen LogP contribution in [-0.4, -0.2) is 53.3 Å². The van der Waals surface area contributed by atoms with Gasteiger partial charge in [0.15, 0.2) is 5.16 Å². The number of thioether (sulfide) groups is 1. The first kappa shape index (κ1) is 16.0. The van der Waals surface area contributed by atoms with Crippen LogP contribution in [0, 0.1) is 6.92 Å². The number of carboxylic acids is 1. The molecule has 1 rings (SSSR count). The van der Waals surface area contributed by atoms with Gasteiger partial charge in [-0.25, -0.2) is 4.98 Å². The quantitative estimate of drug-likeness (QED) is 0.518. The lowest BCUT2D eigenvalue weighted by molar-refractivity contribution is -0.133. The van der Waals surface area contributed by atoms with Gasteiger partial charge in [0.05, 0.1) is 19.0 Å². The number of hydrogen-bond acceptors (Lipinski definition) is 5. The Morgan fingerprint density at radius 3 is 2.95 bits per heavy atom. The molecule has 0 spiro atoms. The van der Waals surface area contributed by atoms with Crippen molar-refractivity contribution in [3.05, 3.63) is 11.9 Å². The Kier molecular flexibility index (Phi) is 7.54. The molecule has 0 bridgehead atoms. The Bertz CT molecular complexity index is 395. The molecule has 0 saturated heterocycles. The summed E-state index contributed by atoms with van der Waals surface area (Å²) >= 11 is 1.24. The summed E-state index contributed by atoms with van der Waals surface area (Å²) in [5, 5.41) is 9.43. The Balaban J connectivity index is 2.35. The van der Waals surface area contributed by atoms with Crippen LogP contribution in [0.2, 0.25) is 0 Å². The molecule has 0 fully saturated rings. The topological polar surface area (TPSA) is 73.6 Å². The van der Waals surface area contributed by atoms with Crippen LogP contribution in [0.3, 0.4) is 0 Å². The van der Waals surface area contributed by atoms with Gasteiger partial charge in [-0.3, -0.25) is 4.79 Å². The van der Waals surface area contributed by atoms with Crippen molar-refractivity contribution in [1.29, 1.82) is 0 Å². The van der Waals surface area contributed by atoms with Crippen LogP contribution in [0.5, 0.6) is 0 Å². The number of rotatable bonds is 10. The molecule has 0 aliphatic rings. The predicted octanol–water partition coefficient (Wildman–Crippen LogP) is 1.42. The summed E-state index contributed by atoms with van der Waals surface area (Å²) in [5.41, 5.74) is 1.03. The number of imidazole rings is 1. The first-order valence-electron chi connectivity index (χ1n) is 6.08. The molecule has 0 unspecified atom stereocenters. The SMILES string of the molecule is COCCOCCCn1c(C)cnc1SCC(=O)O. The van der Waals surface area contributed by atoms with Crippen LogP contribution < -0.4 is 0 Å². The molecule has 0 atom stereocenters. The molecule has 1 aromatic heterocycles. The molecule has 1 heterocycles. The maximum Gasteiger partial charge on any atom is 0.313 e. The van der Waals surface area contributed by atoms with Crippen molar-refractivity contribution in [2.45, 2.75) is 25.0 Å². The van der Waals surface area contributed by atoms with Gasteiger partial charge in [-0.05, 0) is 13.3 Å². The fourth-order valence-electron chi connectivity index (χ4n) is 1.52. The zero-order valence-corrected chi connectivity index (χ0v) is 12.1. The van der Waals surface area contributed by atoms with Gasteiger partial charge >= 0.3 is 5.97 Å².